The lowest BCUT2D eigenvalue weighted by molar-refractivity contribution is -0.384. The molecule has 3 rings (SSSR count). The largest absolute Gasteiger partial charge is 0.292 e. The van der Waals surface area contributed by atoms with Crippen LogP contribution in [0.1, 0.15) is 10.4 Å². The third-order valence-corrected chi connectivity index (χ3v) is 3.72. The minimum absolute atomic E-state index is 0.160. The van der Waals surface area contributed by atoms with Crippen LogP contribution in [0.2, 0.25) is 5.02 Å². The molecule has 1 aromatic heterocycles. The molecule has 1 heterocycles. The molecule has 0 fully saturated rings. The molecule has 0 aliphatic heterocycles. The van der Waals surface area contributed by atoms with Crippen molar-refractivity contribution in [1.29, 1.82) is 0 Å². The van der Waals surface area contributed by atoms with Gasteiger partial charge in [0.2, 0.25) is 0 Å². The van der Waals surface area contributed by atoms with Crippen molar-refractivity contribution in [3.05, 3.63) is 79.8 Å². The van der Waals surface area contributed by atoms with E-state index < -0.39 is 10.7 Å². The predicted molar refractivity (Wildman–Crippen MR) is 88.4 cm³/mol. The number of rotatable bonds is 4. The summed E-state index contributed by atoms with van der Waals surface area (Å²) in [5.41, 5.74) is 0.0359. The van der Waals surface area contributed by atoms with Crippen LogP contribution in [0.25, 0.3) is 10.9 Å². The highest BCUT2D eigenvalue weighted by atomic mass is 35.5. The molecule has 0 amide bonds. The van der Waals surface area contributed by atoms with E-state index in [0.29, 0.717) is 15.9 Å². The predicted octanol–water partition coefficient (Wildman–Crippen LogP) is 2.84. The standard InChI is InChI=1S/C16H10ClN3O4/c17-11-4-5-13-14(7-11)18-9-19(16(13)22)8-15(21)10-2-1-3-12(6-10)20(23)24/h1-7,9H,8H2. The number of hydrogen-bond donors (Lipinski definition) is 0. The smallest absolute Gasteiger partial charge is 0.270 e. The number of non-ortho nitro benzene ring substituents is 1. The number of hydrogen-bond acceptors (Lipinski definition) is 5. The van der Waals surface area contributed by atoms with Gasteiger partial charge >= 0.3 is 0 Å². The van der Waals surface area contributed by atoms with Gasteiger partial charge in [-0.1, -0.05) is 23.7 Å². The summed E-state index contributed by atoms with van der Waals surface area (Å²) in [5.74, 6) is -0.420. The Bertz CT molecular complexity index is 1030. The fourth-order valence-electron chi connectivity index (χ4n) is 2.28. The first-order valence-electron chi connectivity index (χ1n) is 6.88. The molecule has 2 aromatic carbocycles. The molecule has 0 atom stereocenters. The van der Waals surface area contributed by atoms with Gasteiger partial charge in [0.05, 0.1) is 28.7 Å². The number of ketones is 1. The van der Waals surface area contributed by atoms with E-state index in [-0.39, 0.29) is 23.4 Å². The SMILES string of the molecule is O=C(Cn1cnc2cc(Cl)ccc2c1=O)c1cccc([N+](=O)[O-])c1. The Kier molecular flexibility index (Phi) is 4.09. The highest BCUT2D eigenvalue weighted by molar-refractivity contribution is 6.31. The van der Waals surface area contributed by atoms with Gasteiger partial charge in [-0.2, -0.15) is 0 Å². The highest BCUT2D eigenvalue weighted by Crippen LogP contribution is 2.15. The fourth-order valence-corrected chi connectivity index (χ4v) is 2.45. The Labute approximate surface area is 140 Å². The van der Waals surface area contributed by atoms with Crippen LogP contribution < -0.4 is 5.56 Å². The Morgan fingerprint density at radius 1 is 1.25 bits per heavy atom. The van der Waals surface area contributed by atoms with Crippen LogP contribution in [-0.2, 0) is 6.54 Å². The van der Waals surface area contributed by atoms with Crippen molar-refractivity contribution in [2.45, 2.75) is 6.54 Å². The van der Waals surface area contributed by atoms with E-state index in [1.54, 1.807) is 18.2 Å². The zero-order valence-electron chi connectivity index (χ0n) is 12.2. The Hall–Kier alpha value is -3.06. The molecule has 0 bridgehead atoms. The maximum absolute atomic E-state index is 12.4. The third-order valence-electron chi connectivity index (χ3n) is 3.48. The van der Waals surface area contributed by atoms with Gasteiger partial charge in [0, 0.05) is 22.7 Å². The molecule has 7 nitrogen and oxygen atoms in total. The lowest BCUT2D eigenvalue weighted by Gasteiger charge is -2.06. The second-order valence-electron chi connectivity index (χ2n) is 5.07. The quantitative estimate of drug-likeness (QED) is 0.412. The summed E-state index contributed by atoms with van der Waals surface area (Å²) in [4.78, 5) is 39.0. The van der Waals surface area contributed by atoms with Crippen LogP contribution >= 0.6 is 11.6 Å². The monoisotopic (exact) mass is 343 g/mol. The molecule has 0 saturated carbocycles. The van der Waals surface area contributed by atoms with Crippen molar-refractivity contribution in [2.75, 3.05) is 0 Å². The summed E-state index contributed by atoms with van der Waals surface area (Å²) in [6.45, 7) is -0.258. The number of carbonyl (C=O) groups excluding carboxylic acids is 1. The number of nitro benzene ring substituents is 1. The lowest BCUT2D eigenvalue weighted by atomic mass is 10.1. The molecule has 3 aromatic rings. The first-order chi connectivity index (χ1) is 11.5. The van der Waals surface area contributed by atoms with Crippen molar-refractivity contribution < 1.29 is 9.72 Å². The summed E-state index contributed by atoms with van der Waals surface area (Å²) < 4.78 is 1.16. The van der Waals surface area contributed by atoms with Crippen LogP contribution in [0.3, 0.4) is 0 Å². The highest BCUT2D eigenvalue weighted by Gasteiger charge is 2.13. The number of nitrogens with zero attached hydrogens (tertiary/aromatic N) is 3. The normalized spacial score (nSPS) is 10.7. The molecule has 0 saturated heterocycles. The van der Waals surface area contributed by atoms with Crippen LogP contribution in [0, 0.1) is 10.1 Å². The minimum atomic E-state index is -0.579. The maximum Gasteiger partial charge on any atom is 0.270 e. The van der Waals surface area contributed by atoms with Crippen molar-refractivity contribution >= 4 is 34.0 Å². The molecule has 0 aliphatic carbocycles. The molecular weight excluding hydrogens is 334 g/mol. The van der Waals surface area contributed by atoms with E-state index in [9.17, 15) is 19.7 Å². The zero-order chi connectivity index (χ0) is 17.3. The van der Waals surface area contributed by atoms with Crippen LogP contribution in [0.5, 0.6) is 0 Å². The number of halogens is 1. The second kappa shape index (κ2) is 6.21. The zero-order valence-corrected chi connectivity index (χ0v) is 12.9. The van der Waals surface area contributed by atoms with Gasteiger partial charge in [0.25, 0.3) is 11.2 Å². The summed E-state index contributed by atoms with van der Waals surface area (Å²) in [7, 11) is 0. The molecule has 24 heavy (non-hydrogen) atoms. The van der Waals surface area contributed by atoms with Crippen LogP contribution in [0.15, 0.2) is 53.6 Å². The number of Topliss-reactive ketones (excluding diaryl/α,β-unsaturated/α-hetero) is 1. The molecule has 120 valence electrons. The summed E-state index contributed by atoms with van der Waals surface area (Å²) in [6.07, 6.45) is 1.26. The van der Waals surface area contributed by atoms with Gasteiger partial charge in [0.1, 0.15) is 0 Å². The number of aromatic nitrogens is 2. The number of fused-ring (bicyclic) bond motifs is 1. The van der Waals surface area contributed by atoms with Crippen molar-refractivity contribution in [2.24, 2.45) is 0 Å². The van der Waals surface area contributed by atoms with E-state index in [1.807, 2.05) is 0 Å². The average molecular weight is 344 g/mol. The third kappa shape index (κ3) is 3.02. The average Bonchev–Trinajstić information content (AvgIpc) is 2.57. The molecule has 8 heteroatoms. The van der Waals surface area contributed by atoms with Gasteiger partial charge in [-0.15, -0.1) is 0 Å². The van der Waals surface area contributed by atoms with Gasteiger partial charge in [-0.3, -0.25) is 24.3 Å². The van der Waals surface area contributed by atoms with Crippen LogP contribution in [-0.4, -0.2) is 20.3 Å². The van der Waals surface area contributed by atoms with Gasteiger partial charge in [0.15, 0.2) is 5.78 Å². The van der Waals surface area contributed by atoms with E-state index in [0.717, 1.165) is 4.57 Å². The van der Waals surface area contributed by atoms with Crippen molar-refractivity contribution in [1.82, 2.24) is 9.55 Å². The maximum atomic E-state index is 12.4. The Morgan fingerprint density at radius 2 is 2.04 bits per heavy atom. The first-order valence-corrected chi connectivity index (χ1v) is 7.26. The summed E-state index contributed by atoms with van der Waals surface area (Å²) in [5, 5.41) is 11.6. The Morgan fingerprint density at radius 3 is 2.79 bits per heavy atom. The first kappa shape index (κ1) is 15.8. The molecule has 0 unspecified atom stereocenters. The number of nitro groups is 1. The number of carbonyl (C=O) groups is 1. The van der Waals surface area contributed by atoms with Gasteiger partial charge in [-0.05, 0) is 18.2 Å². The van der Waals surface area contributed by atoms with E-state index in [2.05, 4.69) is 4.98 Å². The van der Waals surface area contributed by atoms with E-state index >= 15 is 0 Å². The van der Waals surface area contributed by atoms with Crippen molar-refractivity contribution in [3.63, 3.8) is 0 Å². The number of benzene rings is 2. The van der Waals surface area contributed by atoms with Crippen LogP contribution in [0.4, 0.5) is 5.69 Å². The molecule has 0 radical (unpaired) electrons. The Balaban J connectivity index is 1.95. The second-order valence-corrected chi connectivity index (χ2v) is 5.51. The molecular formula is C16H10ClN3O4. The molecule has 0 spiro atoms. The topological polar surface area (TPSA) is 95.1 Å². The molecule has 0 N–H and O–H groups in total. The van der Waals surface area contributed by atoms with Gasteiger partial charge < -0.3 is 0 Å². The summed E-state index contributed by atoms with van der Waals surface area (Å²) in [6, 6.07) is 10.0. The summed E-state index contributed by atoms with van der Waals surface area (Å²) >= 11 is 5.86. The van der Waals surface area contributed by atoms with Crippen molar-refractivity contribution in [3.8, 4) is 0 Å². The molecule has 0 aliphatic rings. The minimum Gasteiger partial charge on any atom is -0.292 e. The fraction of sp³-hybridized carbons (Fsp3) is 0.0625. The van der Waals surface area contributed by atoms with E-state index in [4.69, 9.17) is 11.6 Å². The lowest BCUT2D eigenvalue weighted by Crippen LogP contribution is -2.24. The van der Waals surface area contributed by atoms with Gasteiger partial charge in [-0.25, -0.2) is 4.98 Å². The van der Waals surface area contributed by atoms with E-state index in [1.165, 1.54) is 30.6 Å².